The fourth-order valence-electron chi connectivity index (χ4n) is 2.36. The van der Waals surface area contributed by atoms with Crippen molar-refractivity contribution in [2.75, 3.05) is 6.73 Å². The van der Waals surface area contributed by atoms with Crippen LogP contribution in [-0.2, 0) is 0 Å². The lowest BCUT2D eigenvalue weighted by atomic mass is 10.1. The van der Waals surface area contributed by atoms with Crippen LogP contribution in [0.5, 0.6) is 0 Å². The van der Waals surface area contributed by atoms with Crippen LogP contribution in [-0.4, -0.2) is 22.4 Å². The van der Waals surface area contributed by atoms with E-state index in [1.165, 1.54) is 16.6 Å². The van der Waals surface area contributed by atoms with Gasteiger partial charge in [-0.2, -0.15) is 0 Å². The average molecular weight is 240 g/mol. The van der Waals surface area contributed by atoms with Gasteiger partial charge in [0.1, 0.15) is 0 Å². The van der Waals surface area contributed by atoms with Gasteiger partial charge in [-0.1, -0.05) is 30.4 Å². The second kappa shape index (κ2) is 4.80. The van der Waals surface area contributed by atoms with E-state index in [4.69, 9.17) is 5.11 Å². The largest absolute Gasteiger partial charge is 0.381 e. The van der Waals surface area contributed by atoms with Crippen molar-refractivity contribution >= 4 is 16.6 Å². The Balaban J connectivity index is 1.91. The summed E-state index contributed by atoms with van der Waals surface area (Å²) in [7, 11) is 0. The van der Waals surface area contributed by atoms with Gasteiger partial charge in [0.25, 0.3) is 0 Å². The SMILES string of the molecule is OCNC1C=CC(n2ccc3ccccc32)=CC1. The van der Waals surface area contributed by atoms with Crippen LogP contribution in [0.25, 0.3) is 16.6 Å². The number of hydrogen-bond acceptors (Lipinski definition) is 2. The third kappa shape index (κ3) is 1.98. The number of para-hydroxylation sites is 1. The summed E-state index contributed by atoms with van der Waals surface area (Å²) in [5.41, 5.74) is 2.41. The first-order chi connectivity index (χ1) is 8.88. The van der Waals surface area contributed by atoms with E-state index >= 15 is 0 Å². The number of benzene rings is 1. The Morgan fingerprint density at radius 2 is 2.17 bits per heavy atom. The third-order valence-electron chi connectivity index (χ3n) is 3.31. The van der Waals surface area contributed by atoms with Crippen LogP contribution in [0.2, 0.25) is 0 Å². The Labute approximate surface area is 106 Å². The molecule has 1 aliphatic carbocycles. The maximum Gasteiger partial charge on any atom is 0.0936 e. The van der Waals surface area contributed by atoms with Crippen molar-refractivity contribution in [2.24, 2.45) is 0 Å². The van der Waals surface area contributed by atoms with Crippen LogP contribution in [0.3, 0.4) is 0 Å². The first kappa shape index (κ1) is 11.3. The number of aliphatic hydroxyl groups is 1. The second-order valence-electron chi connectivity index (χ2n) is 4.44. The molecule has 0 spiro atoms. The Morgan fingerprint density at radius 1 is 1.28 bits per heavy atom. The molecule has 1 aromatic carbocycles. The molecule has 0 bridgehead atoms. The summed E-state index contributed by atoms with van der Waals surface area (Å²) in [5.74, 6) is 0. The highest BCUT2D eigenvalue weighted by molar-refractivity contribution is 5.84. The summed E-state index contributed by atoms with van der Waals surface area (Å²) in [6.07, 6.45) is 9.39. The molecule has 0 fully saturated rings. The van der Waals surface area contributed by atoms with Gasteiger partial charge in [-0.3, -0.25) is 5.32 Å². The molecule has 0 amide bonds. The molecule has 0 radical (unpaired) electrons. The lowest BCUT2D eigenvalue weighted by Crippen LogP contribution is -2.28. The maximum absolute atomic E-state index is 8.84. The molecular weight excluding hydrogens is 224 g/mol. The molecule has 3 rings (SSSR count). The molecule has 1 aromatic heterocycles. The highest BCUT2D eigenvalue weighted by Gasteiger charge is 2.09. The molecule has 0 saturated heterocycles. The van der Waals surface area contributed by atoms with Gasteiger partial charge >= 0.3 is 0 Å². The topological polar surface area (TPSA) is 37.2 Å². The molecule has 1 unspecified atom stereocenters. The third-order valence-corrected chi connectivity index (χ3v) is 3.31. The first-order valence-corrected chi connectivity index (χ1v) is 6.17. The molecular formula is C15H16N2O. The average Bonchev–Trinajstić information content (AvgIpc) is 2.84. The lowest BCUT2D eigenvalue weighted by Gasteiger charge is -2.17. The molecule has 1 heterocycles. The molecule has 0 aliphatic heterocycles. The smallest absolute Gasteiger partial charge is 0.0936 e. The number of aromatic nitrogens is 1. The van der Waals surface area contributed by atoms with Crippen LogP contribution < -0.4 is 5.32 Å². The number of hydrogen-bond donors (Lipinski definition) is 2. The van der Waals surface area contributed by atoms with Crippen LogP contribution in [0, 0.1) is 0 Å². The number of nitrogens with one attached hydrogen (secondary N) is 1. The molecule has 2 aromatic rings. The highest BCUT2D eigenvalue weighted by atomic mass is 16.3. The van der Waals surface area contributed by atoms with Crippen molar-refractivity contribution in [1.82, 2.24) is 9.88 Å². The molecule has 3 heteroatoms. The monoisotopic (exact) mass is 240 g/mol. The van der Waals surface area contributed by atoms with E-state index in [9.17, 15) is 0 Å². The second-order valence-corrected chi connectivity index (χ2v) is 4.44. The normalized spacial score (nSPS) is 19.2. The molecule has 3 nitrogen and oxygen atoms in total. The van der Waals surface area contributed by atoms with Gasteiger partial charge in [-0.15, -0.1) is 0 Å². The maximum atomic E-state index is 8.84. The van der Waals surface area contributed by atoms with Crippen LogP contribution in [0.1, 0.15) is 6.42 Å². The summed E-state index contributed by atoms with van der Waals surface area (Å²) in [5, 5.41) is 13.1. The Kier molecular flexibility index (Phi) is 3.00. The summed E-state index contributed by atoms with van der Waals surface area (Å²) < 4.78 is 2.20. The Bertz CT molecular complexity index is 610. The Morgan fingerprint density at radius 3 is 2.94 bits per heavy atom. The highest BCUT2D eigenvalue weighted by Crippen LogP contribution is 2.22. The predicted octanol–water partition coefficient (Wildman–Crippen LogP) is 2.35. The number of fused-ring (bicyclic) bond motifs is 1. The zero-order valence-corrected chi connectivity index (χ0v) is 10.1. The minimum Gasteiger partial charge on any atom is -0.381 e. The minimum absolute atomic E-state index is 0.0185. The summed E-state index contributed by atoms with van der Waals surface area (Å²) in [6, 6.07) is 10.7. The molecule has 0 saturated carbocycles. The molecule has 2 N–H and O–H groups in total. The number of rotatable bonds is 3. The van der Waals surface area contributed by atoms with Crippen LogP contribution in [0.15, 0.2) is 54.8 Å². The quantitative estimate of drug-likeness (QED) is 0.808. The van der Waals surface area contributed by atoms with Crippen molar-refractivity contribution in [2.45, 2.75) is 12.5 Å². The van der Waals surface area contributed by atoms with E-state index in [2.05, 4.69) is 64.6 Å². The molecule has 18 heavy (non-hydrogen) atoms. The van der Waals surface area contributed by atoms with Gasteiger partial charge in [-0.05, 0) is 30.0 Å². The fraction of sp³-hybridized carbons (Fsp3) is 0.200. The van der Waals surface area contributed by atoms with E-state index in [1.54, 1.807) is 0 Å². The predicted molar refractivity (Wildman–Crippen MR) is 74.0 cm³/mol. The van der Waals surface area contributed by atoms with Crippen molar-refractivity contribution in [3.8, 4) is 0 Å². The van der Waals surface area contributed by atoms with Crippen molar-refractivity contribution in [1.29, 1.82) is 0 Å². The van der Waals surface area contributed by atoms with Gasteiger partial charge in [0.2, 0.25) is 0 Å². The van der Waals surface area contributed by atoms with Crippen molar-refractivity contribution < 1.29 is 5.11 Å². The van der Waals surface area contributed by atoms with Crippen LogP contribution >= 0.6 is 0 Å². The lowest BCUT2D eigenvalue weighted by molar-refractivity contribution is 0.250. The standard InChI is InChI=1S/C15H16N2O/c18-11-16-13-5-7-14(8-6-13)17-10-9-12-3-1-2-4-15(12)17/h1-5,7-10,13,16,18H,6,11H2. The molecule has 1 atom stereocenters. The van der Waals surface area contributed by atoms with E-state index in [1.807, 2.05) is 0 Å². The minimum atomic E-state index is 0.0185. The van der Waals surface area contributed by atoms with Gasteiger partial charge in [0.05, 0.1) is 12.2 Å². The van der Waals surface area contributed by atoms with Gasteiger partial charge < -0.3 is 9.67 Å². The van der Waals surface area contributed by atoms with E-state index in [0.717, 1.165) is 6.42 Å². The zero-order valence-electron chi connectivity index (χ0n) is 10.1. The molecule has 1 aliphatic rings. The summed E-state index contributed by atoms with van der Waals surface area (Å²) in [4.78, 5) is 0. The zero-order chi connectivity index (χ0) is 12.4. The van der Waals surface area contributed by atoms with Crippen molar-refractivity contribution in [3.05, 3.63) is 54.8 Å². The number of allylic oxidation sites excluding steroid dienone is 2. The van der Waals surface area contributed by atoms with E-state index in [0.29, 0.717) is 0 Å². The van der Waals surface area contributed by atoms with Crippen molar-refractivity contribution in [3.63, 3.8) is 0 Å². The van der Waals surface area contributed by atoms with Gasteiger partial charge in [0.15, 0.2) is 0 Å². The first-order valence-electron chi connectivity index (χ1n) is 6.17. The summed E-state index contributed by atoms with van der Waals surface area (Å²) >= 11 is 0. The van der Waals surface area contributed by atoms with E-state index in [-0.39, 0.29) is 12.8 Å². The van der Waals surface area contributed by atoms with Crippen LogP contribution in [0.4, 0.5) is 0 Å². The van der Waals surface area contributed by atoms with Gasteiger partial charge in [0, 0.05) is 17.9 Å². The Hall–Kier alpha value is -1.84. The molecule has 92 valence electrons. The van der Waals surface area contributed by atoms with Gasteiger partial charge in [-0.25, -0.2) is 0 Å². The van der Waals surface area contributed by atoms with E-state index < -0.39 is 0 Å². The number of nitrogens with zero attached hydrogens (tertiary/aromatic N) is 1. The fourth-order valence-corrected chi connectivity index (χ4v) is 2.36. The number of aliphatic hydroxyl groups excluding tert-OH is 1. The summed E-state index contributed by atoms with van der Waals surface area (Å²) in [6.45, 7) is 0.0185.